The number of halogens is 3. The maximum atomic E-state index is 12.2. The summed E-state index contributed by atoms with van der Waals surface area (Å²) < 4.78 is 1.15. The number of alkyl halides is 1. The molecule has 0 aromatic heterocycles. The van der Waals surface area contributed by atoms with Crippen LogP contribution in [0.5, 0.6) is 0 Å². The lowest BCUT2D eigenvalue weighted by molar-refractivity contribution is 0.564. The Labute approximate surface area is 205 Å². The van der Waals surface area contributed by atoms with Gasteiger partial charge in [0.25, 0.3) is 0 Å². The predicted molar refractivity (Wildman–Crippen MR) is 140 cm³/mol. The average molecular weight is 618 g/mol. The molecule has 1 aliphatic rings. The molecular formula is C25H15Br3O2P+. The lowest BCUT2D eigenvalue weighted by Gasteiger charge is -2.38. The van der Waals surface area contributed by atoms with Gasteiger partial charge in [0.15, 0.2) is 4.07 Å². The third-order valence-corrected chi connectivity index (χ3v) is 14.3. The van der Waals surface area contributed by atoms with E-state index in [-0.39, 0.29) is 10.4 Å². The molecule has 1 atom stereocenters. The lowest BCUT2D eigenvalue weighted by atomic mass is 10.2. The quantitative estimate of drug-likeness (QED) is 0.331. The van der Waals surface area contributed by atoms with E-state index in [0.29, 0.717) is 0 Å². The number of carbonyl (C=O) groups excluding carboxylic acids is 2. The zero-order chi connectivity index (χ0) is 22.1. The van der Waals surface area contributed by atoms with Crippen molar-refractivity contribution in [1.82, 2.24) is 0 Å². The van der Waals surface area contributed by atoms with E-state index in [9.17, 15) is 9.59 Å². The normalized spacial score (nSPS) is 18.0. The van der Waals surface area contributed by atoms with E-state index in [1.54, 1.807) is 12.1 Å². The molecule has 0 N–H and O–H groups in total. The fourth-order valence-corrected chi connectivity index (χ4v) is 13.5. The monoisotopic (exact) mass is 615 g/mol. The number of rotatable bonds is 4. The fraction of sp³-hybridized carbons (Fsp3) is 0.0400. The minimum absolute atomic E-state index is 0.209. The number of hydrogen-bond acceptors (Lipinski definition) is 2. The summed E-state index contributed by atoms with van der Waals surface area (Å²) >= 11 is 11.5. The van der Waals surface area contributed by atoms with Crippen molar-refractivity contribution in [3.8, 4) is 0 Å². The van der Waals surface area contributed by atoms with Gasteiger partial charge >= 0.3 is 0 Å². The van der Waals surface area contributed by atoms with Crippen LogP contribution in [0.1, 0.15) is 0 Å². The first kappa shape index (κ1) is 22.4. The maximum Gasteiger partial charge on any atom is 0.198 e. The summed E-state index contributed by atoms with van der Waals surface area (Å²) in [6.07, 6.45) is 4.12. The molecule has 0 saturated heterocycles. The van der Waals surface area contributed by atoms with Crippen molar-refractivity contribution in [2.24, 2.45) is 0 Å². The van der Waals surface area contributed by atoms with Gasteiger partial charge in [0.1, 0.15) is 40.3 Å². The van der Waals surface area contributed by atoms with E-state index >= 15 is 0 Å². The number of hydrogen-bond donors (Lipinski definition) is 0. The fourth-order valence-electron chi connectivity index (χ4n) is 4.07. The zero-order valence-electron chi connectivity index (χ0n) is 16.1. The predicted octanol–water partition coefficient (Wildman–Crippen LogP) is 3.65. The van der Waals surface area contributed by atoms with E-state index in [4.69, 9.17) is 0 Å². The summed E-state index contributed by atoms with van der Waals surface area (Å²) in [6.45, 7) is 0. The minimum Gasteiger partial charge on any atom is -0.233 e. The summed E-state index contributed by atoms with van der Waals surface area (Å²) in [5.74, 6) is 3.98. The first-order valence-electron chi connectivity index (χ1n) is 9.34. The average Bonchev–Trinajstić information content (AvgIpc) is 3.07. The molecule has 0 saturated carbocycles. The first-order chi connectivity index (χ1) is 15.0. The van der Waals surface area contributed by atoms with Gasteiger partial charge in [-0.05, 0) is 80.4 Å². The zero-order valence-corrected chi connectivity index (χ0v) is 21.7. The number of allylic oxidation sites excluding steroid dienone is 4. The van der Waals surface area contributed by atoms with Gasteiger partial charge in [-0.2, -0.15) is 0 Å². The Morgan fingerprint density at radius 3 is 1.77 bits per heavy atom. The summed E-state index contributed by atoms with van der Waals surface area (Å²) in [6, 6.07) is 25.6. The molecule has 31 heavy (non-hydrogen) atoms. The third-order valence-electron chi connectivity index (χ3n) is 5.32. The largest absolute Gasteiger partial charge is 0.233 e. The van der Waals surface area contributed by atoms with Crippen molar-refractivity contribution in [2.45, 2.75) is 4.07 Å². The molecule has 0 spiro atoms. The second kappa shape index (κ2) is 8.96. The molecule has 152 valence electrons. The van der Waals surface area contributed by atoms with Gasteiger partial charge in [-0.1, -0.05) is 58.4 Å². The van der Waals surface area contributed by atoms with Crippen molar-refractivity contribution >= 4 is 82.8 Å². The maximum absolute atomic E-state index is 12.2. The molecule has 0 bridgehead atoms. The molecule has 3 aromatic rings. The molecule has 1 unspecified atom stereocenters. The molecule has 0 fully saturated rings. The summed E-state index contributed by atoms with van der Waals surface area (Å²) in [4.78, 5) is 23.9. The lowest BCUT2D eigenvalue weighted by Crippen LogP contribution is -2.52. The highest BCUT2D eigenvalue weighted by atomic mass is 79.9. The molecule has 0 aliphatic heterocycles. The van der Waals surface area contributed by atoms with Crippen LogP contribution in [0.25, 0.3) is 0 Å². The van der Waals surface area contributed by atoms with Crippen molar-refractivity contribution in [3.63, 3.8) is 0 Å². The van der Waals surface area contributed by atoms with Crippen LogP contribution in [-0.4, -0.2) is 15.9 Å². The van der Waals surface area contributed by atoms with Crippen molar-refractivity contribution in [3.05, 3.63) is 110 Å². The van der Waals surface area contributed by atoms with Gasteiger partial charge in [0.05, 0.1) is 9.70 Å². The molecule has 3 aromatic carbocycles. The highest BCUT2D eigenvalue weighted by Crippen LogP contribution is 2.73. The highest BCUT2D eigenvalue weighted by Gasteiger charge is 2.64. The molecule has 0 heterocycles. The molecular weight excluding hydrogens is 603 g/mol. The van der Waals surface area contributed by atoms with Gasteiger partial charge in [-0.3, -0.25) is 0 Å². The second-order valence-electron chi connectivity index (χ2n) is 6.94. The van der Waals surface area contributed by atoms with Crippen molar-refractivity contribution in [1.29, 1.82) is 0 Å². The Kier molecular flexibility index (Phi) is 6.47. The van der Waals surface area contributed by atoms with Crippen molar-refractivity contribution in [2.75, 3.05) is 0 Å². The van der Waals surface area contributed by atoms with E-state index in [2.05, 4.69) is 84.1 Å². The van der Waals surface area contributed by atoms with E-state index in [1.165, 1.54) is 0 Å². The van der Waals surface area contributed by atoms with Crippen molar-refractivity contribution < 1.29 is 9.59 Å². The van der Waals surface area contributed by atoms with Crippen LogP contribution in [0, 0.1) is 0 Å². The smallest absolute Gasteiger partial charge is 0.198 e. The summed E-state index contributed by atoms with van der Waals surface area (Å²) in [7, 11) is -2.65. The van der Waals surface area contributed by atoms with Crippen LogP contribution >= 0.6 is 55.1 Å². The van der Waals surface area contributed by atoms with E-state index < -0.39 is 11.3 Å². The third kappa shape index (κ3) is 3.51. The molecule has 4 rings (SSSR count). The van der Waals surface area contributed by atoms with E-state index in [1.807, 2.05) is 54.5 Å². The SMILES string of the molecule is O=C=c1cccc([P+](c2ccccc2)(c2ccccc2)C2(Br)C=C(Br)C=C2Br)c1=C=O. The van der Waals surface area contributed by atoms with Crippen LogP contribution in [-0.2, 0) is 9.59 Å². The standard InChI is InChI=1S/C25H15Br3O2P/c26-19-14-24(27)25(28,15-19)31(20-9-3-1-4-10-20,21-11-5-2-6-12-21)23-13-7-8-18(16-29)22(23)17-30/h1-15H/q+1. The Bertz CT molecular complexity index is 1330. The number of benzene rings is 3. The van der Waals surface area contributed by atoms with Gasteiger partial charge in [-0.25, -0.2) is 9.59 Å². The highest BCUT2D eigenvalue weighted by molar-refractivity contribution is 9.15. The van der Waals surface area contributed by atoms with Crippen LogP contribution in [0.3, 0.4) is 0 Å². The van der Waals surface area contributed by atoms with Gasteiger partial charge in [0, 0.05) is 4.48 Å². The molecule has 2 nitrogen and oxygen atoms in total. The van der Waals surface area contributed by atoms with E-state index in [0.717, 1.165) is 24.9 Å². The Balaban J connectivity index is 2.33. The molecule has 1 aliphatic carbocycles. The molecule has 0 radical (unpaired) electrons. The minimum atomic E-state index is -2.65. The van der Waals surface area contributed by atoms with Crippen LogP contribution in [0.4, 0.5) is 0 Å². The Morgan fingerprint density at radius 2 is 1.32 bits per heavy atom. The Hall–Kier alpha value is -1.83. The molecule has 6 heteroatoms. The van der Waals surface area contributed by atoms with Gasteiger partial charge < -0.3 is 0 Å². The van der Waals surface area contributed by atoms with Gasteiger partial charge in [-0.15, -0.1) is 0 Å². The topological polar surface area (TPSA) is 34.1 Å². The Morgan fingerprint density at radius 1 is 0.742 bits per heavy atom. The summed E-state index contributed by atoms with van der Waals surface area (Å²) in [5, 5.41) is 3.33. The summed E-state index contributed by atoms with van der Waals surface area (Å²) in [5.41, 5.74) is 0. The van der Waals surface area contributed by atoms with Crippen LogP contribution < -0.4 is 26.4 Å². The molecule has 0 amide bonds. The van der Waals surface area contributed by atoms with Crippen LogP contribution in [0.15, 0.2) is 100.0 Å². The van der Waals surface area contributed by atoms with Gasteiger partial charge in [0.2, 0.25) is 0 Å². The van der Waals surface area contributed by atoms with Crippen LogP contribution in [0.2, 0.25) is 0 Å². The second-order valence-corrected chi connectivity index (χ2v) is 14.1. The first-order valence-corrected chi connectivity index (χ1v) is 13.5.